The van der Waals surface area contributed by atoms with Crippen molar-refractivity contribution in [3.63, 3.8) is 0 Å². The van der Waals surface area contributed by atoms with Gasteiger partial charge in [-0.05, 0) is 66.3 Å². The summed E-state index contributed by atoms with van der Waals surface area (Å²) in [5.74, 6) is 0.737. The molecule has 0 aliphatic carbocycles. The predicted molar refractivity (Wildman–Crippen MR) is 139 cm³/mol. The number of amidine groups is 1. The predicted octanol–water partition coefficient (Wildman–Crippen LogP) is 4.34. The summed E-state index contributed by atoms with van der Waals surface area (Å²) in [6.07, 6.45) is 0. The van der Waals surface area contributed by atoms with Crippen molar-refractivity contribution in [1.29, 1.82) is 0 Å². The minimum atomic E-state index is -0.402. The van der Waals surface area contributed by atoms with Crippen molar-refractivity contribution in [3.05, 3.63) is 137 Å². The molecule has 6 nitrogen and oxygen atoms in total. The van der Waals surface area contributed by atoms with Gasteiger partial charge in [0.05, 0.1) is 21.9 Å². The van der Waals surface area contributed by atoms with Crippen molar-refractivity contribution in [3.8, 4) is 0 Å². The summed E-state index contributed by atoms with van der Waals surface area (Å²) in [4.78, 5) is 15.9. The molecule has 0 spiro atoms. The van der Waals surface area contributed by atoms with E-state index in [-0.39, 0.29) is 5.69 Å². The van der Waals surface area contributed by atoms with Gasteiger partial charge in [0.25, 0.3) is 16.6 Å². The number of hydrogen-bond acceptors (Lipinski definition) is 3. The van der Waals surface area contributed by atoms with E-state index in [2.05, 4.69) is 10.3 Å². The first kappa shape index (κ1) is 22.8. The largest absolute Gasteiger partial charge is 0.282 e. The highest BCUT2D eigenvalue weighted by molar-refractivity contribution is 7.80. The number of nitro groups is 1. The van der Waals surface area contributed by atoms with E-state index in [0.29, 0.717) is 11.7 Å². The quantitative estimate of drug-likeness (QED) is 0.145. The Balaban J connectivity index is 1.64. The van der Waals surface area contributed by atoms with E-state index in [9.17, 15) is 10.1 Å². The van der Waals surface area contributed by atoms with Gasteiger partial charge in [-0.15, -0.1) is 0 Å². The van der Waals surface area contributed by atoms with Gasteiger partial charge in [0.15, 0.2) is 0 Å². The van der Waals surface area contributed by atoms with E-state index >= 15 is 0 Å². The van der Waals surface area contributed by atoms with Gasteiger partial charge in [-0.2, -0.15) is 0 Å². The second-order valence-corrected chi connectivity index (χ2v) is 7.84. The molecule has 0 unspecified atom stereocenters. The van der Waals surface area contributed by atoms with Crippen LogP contribution in [0.2, 0.25) is 0 Å². The summed E-state index contributed by atoms with van der Waals surface area (Å²) in [7, 11) is 0. The highest BCUT2D eigenvalue weighted by Crippen LogP contribution is 2.25. The van der Waals surface area contributed by atoms with Crippen LogP contribution in [0.4, 0.5) is 17.1 Å². The van der Waals surface area contributed by atoms with E-state index < -0.39 is 4.92 Å². The van der Waals surface area contributed by atoms with Crippen molar-refractivity contribution in [2.24, 2.45) is 0 Å². The Kier molecular flexibility index (Phi) is 7.37. The molecule has 0 aromatic heterocycles. The summed E-state index contributed by atoms with van der Waals surface area (Å²) in [5, 5.41) is 14.8. The number of nitrogens with one attached hydrogen (secondary N) is 2. The average Bonchev–Trinajstić information content (AvgIpc) is 2.89. The van der Waals surface area contributed by atoms with Crippen LogP contribution in [0, 0.1) is 10.1 Å². The van der Waals surface area contributed by atoms with E-state index in [1.807, 2.05) is 95.9 Å². The number of nitrogens with zero attached hydrogens (tertiary/aromatic N) is 2. The molecule has 4 rings (SSSR count). The van der Waals surface area contributed by atoms with Gasteiger partial charge >= 0.3 is 0 Å². The second kappa shape index (κ2) is 11.0. The smallest absolute Gasteiger partial charge is 0.270 e. The van der Waals surface area contributed by atoms with Crippen LogP contribution in [-0.2, 0) is 6.54 Å². The molecule has 0 saturated carbocycles. The summed E-state index contributed by atoms with van der Waals surface area (Å²) in [6.45, 7) is 0.467. The van der Waals surface area contributed by atoms with Crippen LogP contribution >= 0.6 is 12.2 Å². The molecular formula is C27H23N4O2S+. The van der Waals surface area contributed by atoms with Crippen LogP contribution in [-0.4, -0.2) is 15.9 Å². The molecule has 4 aromatic rings. The van der Waals surface area contributed by atoms with Crippen LogP contribution in [0.3, 0.4) is 0 Å². The zero-order valence-electron chi connectivity index (χ0n) is 18.3. The third kappa shape index (κ3) is 5.70. The van der Waals surface area contributed by atoms with Crippen molar-refractivity contribution >= 4 is 40.2 Å². The summed E-state index contributed by atoms with van der Waals surface area (Å²) < 4.78 is 0. The lowest BCUT2D eigenvalue weighted by Crippen LogP contribution is -2.75. The van der Waals surface area contributed by atoms with E-state index in [1.54, 1.807) is 12.1 Å². The number of anilines is 2. The Morgan fingerprint density at radius 2 is 1.29 bits per heavy atom. The Labute approximate surface area is 203 Å². The highest BCUT2D eigenvalue weighted by atomic mass is 32.1. The third-order valence-corrected chi connectivity index (χ3v) is 5.43. The Morgan fingerprint density at radius 1 is 0.794 bits per heavy atom. The normalized spacial score (nSPS) is 11.0. The van der Waals surface area contributed by atoms with Crippen LogP contribution < -0.4 is 15.2 Å². The monoisotopic (exact) mass is 467 g/mol. The molecule has 0 radical (unpaired) electrons. The summed E-state index contributed by atoms with van der Waals surface area (Å²) in [6, 6.07) is 36.2. The van der Waals surface area contributed by atoms with E-state index in [4.69, 9.17) is 12.2 Å². The summed E-state index contributed by atoms with van der Waals surface area (Å²) in [5.41, 5.74) is 3.79. The van der Waals surface area contributed by atoms with E-state index in [0.717, 1.165) is 28.3 Å². The fraction of sp³-hybridized carbons (Fsp3) is 0.0370. The number of hydrogen-bond donors (Lipinski definition) is 2. The van der Waals surface area contributed by atoms with Gasteiger partial charge in [-0.3, -0.25) is 20.0 Å². The third-order valence-electron chi connectivity index (χ3n) is 5.14. The molecule has 0 bridgehead atoms. The van der Waals surface area contributed by atoms with Gasteiger partial charge in [0.2, 0.25) is 0 Å². The number of thiocarbonyl (C=S) groups is 1. The van der Waals surface area contributed by atoms with Crippen molar-refractivity contribution < 1.29 is 9.92 Å². The molecule has 0 fully saturated rings. The minimum Gasteiger partial charge on any atom is -0.270 e. The molecule has 0 aliphatic heterocycles. The number of rotatable bonds is 6. The molecule has 0 aliphatic rings. The molecule has 0 amide bonds. The number of benzene rings is 4. The lowest BCUT2D eigenvalue weighted by atomic mass is 10.2. The molecular weight excluding hydrogens is 444 g/mol. The summed E-state index contributed by atoms with van der Waals surface area (Å²) >= 11 is 5.87. The molecule has 0 saturated heterocycles. The van der Waals surface area contributed by atoms with Gasteiger partial charge in [-0.25, -0.2) is 5.32 Å². The maximum atomic E-state index is 10.9. The minimum absolute atomic E-state index is 0.0664. The number of nitro benzene ring substituents is 1. The molecule has 0 heterocycles. The fourth-order valence-corrected chi connectivity index (χ4v) is 3.76. The van der Waals surface area contributed by atoms with Crippen LogP contribution in [0.5, 0.6) is 0 Å². The average molecular weight is 468 g/mol. The van der Waals surface area contributed by atoms with Gasteiger partial charge in [0.1, 0.15) is 6.54 Å². The zero-order chi connectivity index (χ0) is 23.8. The van der Waals surface area contributed by atoms with E-state index in [1.165, 1.54) is 12.1 Å². The topological polar surface area (TPSA) is 72.4 Å². The molecule has 34 heavy (non-hydrogen) atoms. The first-order chi connectivity index (χ1) is 16.6. The van der Waals surface area contributed by atoms with Crippen LogP contribution in [0.15, 0.2) is 115 Å². The van der Waals surface area contributed by atoms with Crippen LogP contribution in [0.25, 0.3) is 0 Å². The van der Waals surface area contributed by atoms with Gasteiger partial charge in [-0.1, -0.05) is 54.6 Å². The molecule has 2 N–H and O–H groups in total. The molecule has 4 aromatic carbocycles. The van der Waals surface area contributed by atoms with Crippen molar-refractivity contribution in [2.75, 3.05) is 4.90 Å². The maximum Gasteiger partial charge on any atom is 0.282 e. The van der Waals surface area contributed by atoms with Gasteiger partial charge < -0.3 is 0 Å². The molecule has 168 valence electrons. The maximum absolute atomic E-state index is 10.9. The molecule has 7 heteroatoms. The van der Waals surface area contributed by atoms with Gasteiger partial charge in [0, 0.05) is 12.1 Å². The number of para-hydroxylation sites is 2. The SMILES string of the molecule is O=[N+]([O-])c1ccc(C[NH+]=C(NC(=S)N(c2ccccc2)c2ccccc2)c2ccccc2)cc1. The Hall–Kier alpha value is -4.36. The lowest BCUT2D eigenvalue weighted by molar-refractivity contribution is -0.476. The van der Waals surface area contributed by atoms with Crippen molar-refractivity contribution in [1.82, 2.24) is 5.32 Å². The lowest BCUT2D eigenvalue weighted by Gasteiger charge is -2.23. The first-order valence-corrected chi connectivity index (χ1v) is 11.1. The van der Waals surface area contributed by atoms with Crippen molar-refractivity contribution in [2.45, 2.75) is 6.54 Å². The molecule has 0 atom stereocenters. The fourth-order valence-electron chi connectivity index (χ4n) is 3.45. The van der Waals surface area contributed by atoms with Crippen LogP contribution in [0.1, 0.15) is 11.1 Å². The number of non-ortho nitro benzene ring substituents is 1. The zero-order valence-corrected chi connectivity index (χ0v) is 19.1. The second-order valence-electron chi connectivity index (χ2n) is 7.45. The Morgan fingerprint density at radius 3 is 1.79 bits per heavy atom. The Bertz CT molecular complexity index is 1240. The first-order valence-electron chi connectivity index (χ1n) is 10.7. The standard InChI is InChI=1S/C27H22N4O2S/c32-31(33)25-18-16-21(17-19-25)20-28-26(22-10-4-1-5-11-22)29-27(34)30(23-12-6-2-7-13-23)24-14-8-3-9-15-24/h1-19H,20H2,(H,28,29,34)/p+1. The highest BCUT2D eigenvalue weighted by Gasteiger charge is 2.21.